The zero-order valence-electron chi connectivity index (χ0n) is 11.3. The first-order chi connectivity index (χ1) is 9.07. The van der Waals surface area contributed by atoms with Crippen LogP contribution in [0.1, 0.15) is 35.1 Å². The van der Waals surface area contributed by atoms with Crippen molar-refractivity contribution in [1.29, 1.82) is 0 Å². The number of nitrogens with zero attached hydrogens (tertiary/aromatic N) is 4. The van der Waals surface area contributed by atoms with Crippen LogP contribution in [0, 0.1) is 0 Å². The van der Waals surface area contributed by atoms with E-state index in [9.17, 15) is 9.59 Å². The predicted molar refractivity (Wildman–Crippen MR) is 66.1 cm³/mol. The van der Waals surface area contributed by atoms with Crippen LogP contribution < -0.4 is 4.90 Å². The third-order valence-corrected chi connectivity index (χ3v) is 2.41. The third kappa shape index (κ3) is 3.36. The molecule has 0 aliphatic heterocycles. The number of hydrogen-bond donors (Lipinski definition) is 0. The van der Waals surface area contributed by atoms with E-state index in [2.05, 4.69) is 24.4 Å². The van der Waals surface area contributed by atoms with E-state index in [4.69, 9.17) is 0 Å². The summed E-state index contributed by atoms with van der Waals surface area (Å²) in [5.74, 6) is -1.68. The molecule has 0 aromatic carbocycles. The van der Waals surface area contributed by atoms with Crippen molar-refractivity contribution in [2.75, 3.05) is 32.2 Å². The molecule has 0 unspecified atom stereocenters. The van der Waals surface area contributed by atoms with Gasteiger partial charge in [-0.05, 0) is 13.8 Å². The van der Waals surface area contributed by atoms with E-state index < -0.39 is 11.9 Å². The molecular weight excluding hydrogens is 252 g/mol. The fourth-order valence-corrected chi connectivity index (χ4v) is 1.38. The minimum atomic E-state index is -0.735. The zero-order chi connectivity index (χ0) is 14.4. The minimum absolute atomic E-state index is 0.222. The molecular formula is C11H16N4O4. The molecule has 0 bridgehead atoms. The third-order valence-electron chi connectivity index (χ3n) is 2.41. The molecule has 8 nitrogen and oxygen atoms in total. The van der Waals surface area contributed by atoms with E-state index in [1.54, 1.807) is 4.90 Å². The maximum absolute atomic E-state index is 11.5. The lowest BCUT2D eigenvalue weighted by Gasteiger charge is -2.18. The van der Waals surface area contributed by atoms with Gasteiger partial charge in [0.1, 0.15) is 0 Å². The predicted octanol–water partition coefficient (Wildman–Crippen LogP) is 0.291. The summed E-state index contributed by atoms with van der Waals surface area (Å²) in [5.41, 5.74) is 0. The van der Waals surface area contributed by atoms with Crippen LogP contribution in [0.4, 0.5) is 5.95 Å². The summed E-state index contributed by atoms with van der Waals surface area (Å²) in [6.07, 6.45) is 0. The molecule has 8 heteroatoms. The fourth-order valence-electron chi connectivity index (χ4n) is 1.38. The van der Waals surface area contributed by atoms with Crippen LogP contribution >= 0.6 is 0 Å². The first-order valence-corrected chi connectivity index (χ1v) is 5.74. The number of methoxy groups -OCH3 is 2. The van der Waals surface area contributed by atoms with Gasteiger partial charge in [-0.1, -0.05) is 0 Å². The second-order valence-electron chi connectivity index (χ2n) is 3.44. The molecule has 19 heavy (non-hydrogen) atoms. The molecule has 1 rings (SSSR count). The molecule has 0 fully saturated rings. The summed E-state index contributed by atoms with van der Waals surface area (Å²) in [4.78, 5) is 36.4. The Balaban J connectivity index is 3.31. The highest BCUT2D eigenvalue weighted by Crippen LogP contribution is 2.09. The molecule has 0 aliphatic carbocycles. The molecule has 1 aromatic rings. The summed E-state index contributed by atoms with van der Waals surface area (Å²) >= 11 is 0. The van der Waals surface area contributed by atoms with Gasteiger partial charge in [-0.15, -0.1) is 0 Å². The topological polar surface area (TPSA) is 94.5 Å². The van der Waals surface area contributed by atoms with Crippen molar-refractivity contribution in [3.8, 4) is 0 Å². The first-order valence-electron chi connectivity index (χ1n) is 5.74. The lowest BCUT2D eigenvalue weighted by molar-refractivity contribution is 0.0575. The fraction of sp³-hybridized carbons (Fsp3) is 0.545. The first kappa shape index (κ1) is 14.8. The van der Waals surface area contributed by atoms with Crippen molar-refractivity contribution < 1.29 is 19.1 Å². The van der Waals surface area contributed by atoms with Gasteiger partial charge in [0, 0.05) is 13.1 Å². The average Bonchev–Trinajstić information content (AvgIpc) is 2.46. The van der Waals surface area contributed by atoms with Gasteiger partial charge in [0.05, 0.1) is 14.2 Å². The summed E-state index contributed by atoms with van der Waals surface area (Å²) in [7, 11) is 2.42. The van der Waals surface area contributed by atoms with Gasteiger partial charge in [0.2, 0.25) is 17.6 Å². The van der Waals surface area contributed by atoms with Crippen LogP contribution in [0.3, 0.4) is 0 Å². The minimum Gasteiger partial charge on any atom is -0.463 e. The van der Waals surface area contributed by atoms with Crippen LogP contribution in [0.25, 0.3) is 0 Å². The molecule has 104 valence electrons. The van der Waals surface area contributed by atoms with E-state index in [0.29, 0.717) is 13.1 Å². The Labute approximate surface area is 110 Å². The number of carbonyl (C=O) groups is 2. The number of esters is 2. The van der Waals surface area contributed by atoms with Crippen LogP contribution in [0.5, 0.6) is 0 Å². The summed E-state index contributed by atoms with van der Waals surface area (Å²) in [6, 6.07) is 0. The second kappa shape index (κ2) is 6.62. The molecule has 0 spiro atoms. The van der Waals surface area contributed by atoms with Gasteiger partial charge in [-0.25, -0.2) is 9.59 Å². The zero-order valence-corrected chi connectivity index (χ0v) is 11.3. The highest BCUT2D eigenvalue weighted by molar-refractivity contribution is 5.89. The number of carbonyl (C=O) groups excluding carboxylic acids is 2. The summed E-state index contributed by atoms with van der Waals surface area (Å²) < 4.78 is 9.09. The van der Waals surface area contributed by atoms with Crippen LogP contribution in [0.2, 0.25) is 0 Å². The SMILES string of the molecule is CCN(CC)c1nc(C(=O)OC)nc(C(=O)OC)n1. The number of hydrogen-bond acceptors (Lipinski definition) is 8. The van der Waals surface area contributed by atoms with E-state index in [0.717, 1.165) is 0 Å². The Hall–Kier alpha value is -2.25. The van der Waals surface area contributed by atoms with Gasteiger partial charge in [-0.3, -0.25) is 0 Å². The molecule has 0 aliphatic rings. The highest BCUT2D eigenvalue weighted by Gasteiger charge is 2.20. The molecule has 1 heterocycles. The molecule has 1 aromatic heterocycles. The van der Waals surface area contributed by atoms with Crippen molar-refractivity contribution >= 4 is 17.9 Å². The van der Waals surface area contributed by atoms with Crippen molar-refractivity contribution in [1.82, 2.24) is 15.0 Å². The Kier molecular flexibility index (Phi) is 5.16. The lowest BCUT2D eigenvalue weighted by atomic mass is 10.5. The van der Waals surface area contributed by atoms with E-state index in [1.165, 1.54) is 14.2 Å². The van der Waals surface area contributed by atoms with Crippen molar-refractivity contribution in [2.45, 2.75) is 13.8 Å². The standard InChI is InChI=1S/C11H16N4O4/c1-5-15(6-2)11-13-7(9(16)18-3)12-8(14-11)10(17)19-4/h5-6H2,1-4H3. The maximum Gasteiger partial charge on any atom is 0.376 e. The number of ether oxygens (including phenoxy) is 2. The number of anilines is 1. The normalized spacial score (nSPS) is 9.89. The second-order valence-corrected chi connectivity index (χ2v) is 3.44. The Bertz CT molecular complexity index is 440. The van der Waals surface area contributed by atoms with Gasteiger partial charge in [0.25, 0.3) is 0 Å². The Morgan fingerprint density at radius 2 is 1.37 bits per heavy atom. The van der Waals surface area contributed by atoms with Crippen LogP contribution in [-0.4, -0.2) is 54.2 Å². The molecule has 0 amide bonds. The van der Waals surface area contributed by atoms with Crippen molar-refractivity contribution in [3.63, 3.8) is 0 Å². The Morgan fingerprint density at radius 1 is 0.947 bits per heavy atom. The van der Waals surface area contributed by atoms with Crippen molar-refractivity contribution in [3.05, 3.63) is 11.6 Å². The maximum atomic E-state index is 11.5. The van der Waals surface area contributed by atoms with Crippen LogP contribution in [0.15, 0.2) is 0 Å². The number of rotatable bonds is 5. The molecule has 0 saturated carbocycles. The monoisotopic (exact) mass is 268 g/mol. The highest BCUT2D eigenvalue weighted by atomic mass is 16.5. The van der Waals surface area contributed by atoms with Crippen LogP contribution in [-0.2, 0) is 9.47 Å². The summed E-state index contributed by atoms with van der Waals surface area (Å²) in [5, 5.41) is 0. The molecule has 0 atom stereocenters. The van der Waals surface area contributed by atoms with Crippen molar-refractivity contribution in [2.24, 2.45) is 0 Å². The Morgan fingerprint density at radius 3 is 1.68 bits per heavy atom. The quantitative estimate of drug-likeness (QED) is 0.703. The molecule has 0 radical (unpaired) electrons. The molecule has 0 saturated heterocycles. The number of aromatic nitrogens is 3. The summed E-state index contributed by atoms with van der Waals surface area (Å²) in [6.45, 7) is 5.06. The van der Waals surface area contributed by atoms with Gasteiger partial charge in [-0.2, -0.15) is 15.0 Å². The van der Waals surface area contributed by atoms with E-state index in [1.807, 2.05) is 13.8 Å². The van der Waals surface area contributed by atoms with Gasteiger partial charge < -0.3 is 14.4 Å². The van der Waals surface area contributed by atoms with E-state index >= 15 is 0 Å². The van der Waals surface area contributed by atoms with Gasteiger partial charge >= 0.3 is 11.9 Å². The smallest absolute Gasteiger partial charge is 0.376 e. The molecule has 0 N–H and O–H groups in total. The lowest BCUT2D eigenvalue weighted by Crippen LogP contribution is -2.27. The largest absolute Gasteiger partial charge is 0.463 e. The average molecular weight is 268 g/mol. The van der Waals surface area contributed by atoms with E-state index in [-0.39, 0.29) is 17.6 Å². The van der Waals surface area contributed by atoms with Gasteiger partial charge in [0.15, 0.2) is 0 Å².